The predicted molar refractivity (Wildman–Crippen MR) is 55.7 cm³/mol. The maximum absolute atomic E-state index is 3.46. The molecule has 0 aromatic rings. The van der Waals surface area contributed by atoms with Crippen LogP contribution in [0.4, 0.5) is 0 Å². The van der Waals surface area contributed by atoms with Crippen molar-refractivity contribution in [2.24, 2.45) is 0 Å². The Morgan fingerprint density at radius 2 is 1.62 bits per heavy atom. The van der Waals surface area contributed by atoms with E-state index in [-0.39, 0.29) is 0 Å². The van der Waals surface area contributed by atoms with Gasteiger partial charge in [0.2, 0.25) is 0 Å². The first-order valence-corrected chi connectivity index (χ1v) is 5.86. The molecule has 76 valence electrons. The summed E-state index contributed by atoms with van der Waals surface area (Å²) in [5, 5.41) is 3.46. The van der Waals surface area contributed by atoms with Gasteiger partial charge in [-0.2, -0.15) is 0 Å². The van der Waals surface area contributed by atoms with Crippen LogP contribution in [0.3, 0.4) is 0 Å². The molecule has 0 bridgehead atoms. The quantitative estimate of drug-likeness (QED) is 0.605. The molecule has 0 aromatic carbocycles. The molecule has 1 heterocycles. The monoisotopic (exact) mass is 183 g/mol. The zero-order valence-electron chi connectivity index (χ0n) is 8.89. The van der Waals surface area contributed by atoms with Crippen LogP contribution in [0, 0.1) is 0 Å². The Hall–Kier alpha value is -0.0800. The second-order valence-electron chi connectivity index (χ2n) is 4.97. The highest BCUT2D eigenvalue weighted by molar-refractivity contribution is 4.69. The molecule has 2 rings (SSSR count). The van der Waals surface area contributed by atoms with E-state index < -0.39 is 0 Å². The predicted octanol–water partition coefficient (Wildman–Crippen LogP) is 1.37. The van der Waals surface area contributed by atoms with Crippen LogP contribution in [-0.4, -0.2) is 43.8 Å². The molecule has 1 N–H and O–H groups in total. The van der Waals surface area contributed by atoms with E-state index in [4.69, 9.17) is 0 Å². The molecule has 0 radical (unpaired) electrons. The lowest BCUT2D eigenvalue weighted by Gasteiger charge is -2.45. The lowest BCUT2D eigenvalue weighted by molar-refractivity contribution is -0.936. The van der Waals surface area contributed by atoms with E-state index in [1.165, 1.54) is 62.8 Å². The van der Waals surface area contributed by atoms with E-state index in [9.17, 15) is 0 Å². The molecule has 2 fully saturated rings. The highest BCUT2D eigenvalue weighted by Gasteiger charge is 2.34. The van der Waals surface area contributed by atoms with Gasteiger partial charge in [-0.3, -0.25) is 0 Å². The smallest absolute Gasteiger partial charge is 0.0913 e. The Kier molecular flexibility index (Phi) is 2.89. The third kappa shape index (κ3) is 2.05. The molecule has 0 spiro atoms. The molecular formula is C11H23N2+. The van der Waals surface area contributed by atoms with Crippen molar-refractivity contribution in [2.75, 3.05) is 33.2 Å². The molecule has 0 amide bonds. The van der Waals surface area contributed by atoms with E-state index in [0.29, 0.717) is 0 Å². The normalized spacial score (nSPS) is 30.2. The molecular weight excluding hydrogens is 160 g/mol. The third-order valence-electron chi connectivity index (χ3n) is 4.06. The largest absolute Gasteiger partial charge is 0.322 e. The molecule has 1 saturated carbocycles. The van der Waals surface area contributed by atoms with Crippen LogP contribution in [0.25, 0.3) is 0 Å². The fraction of sp³-hybridized carbons (Fsp3) is 1.00. The van der Waals surface area contributed by atoms with Gasteiger partial charge in [-0.1, -0.05) is 6.42 Å². The first-order chi connectivity index (χ1) is 6.31. The molecule has 1 aliphatic carbocycles. The number of piperazine rings is 1. The second-order valence-corrected chi connectivity index (χ2v) is 4.97. The van der Waals surface area contributed by atoms with Crippen molar-refractivity contribution in [3.63, 3.8) is 0 Å². The number of hydrogen-bond acceptors (Lipinski definition) is 1. The van der Waals surface area contributed by atoms with Crippen molar-refractivity contribution in [1.82, 2.24) is 5.32 Å². The molecule has 0 atom stereocenters. The summed E-state index contributed by atoms with van der Waals surface area (Å²) in [4.78, 5) is 0. The maximum Gasteiger partial charge on any atom is 0.0913 e. The minimum atomic E-state index is 0.982. The molecule has 0 unspecified atom stereocenters. The molecule has 2 nitrogen and oxygen atoms in total. The average Bonchev–Trinajstić information content (AvgIpc) is 2.20. The summed E-state index contributed by atoms with van der Waals surface area (Å²) in [5.74, 6) is 0. The summed E-state index contributed by atoms with van der Waals surface area (Å²) in [5.41, 5.74) is 0. The van der Waals surface area contributed by atoms with Crippen molar-refractivity contribution in [2.45, 2.75) is 38.1 Å². The summed E-state index contributed by atoms with van der Waals surface area (Å²) < 4.78 is 1.35. The van der Waals surface area contributed by atoms with E-state index in [2.05, 4.69) is 12.4 Å². The van der Waals surface area contributed by atoms with Gasteiger partial charge in [-0.15, -0.1) is 0 Å². The third-order valence-corrected chi connectivity index (χ3v) is 4.06. The van der Waals surface area contributed by atoms with Gasteiger partial charge in [0.15, 0.2) is 0 Å². The lowest BCUT2D eigenvalue weighted by atomic mass is 9.92. The number of rotatable bonds is 1. The van der Waals surface area contributed by atoms with Gasteiger partial charge in [0.05, 0.1) is 26.2 Å². The Labute approximate surface area is 81.9 Å². The molecule has 1 saturated heterocycles. The van der Waals surface area contributed by atoms with Crippen molar-refractivity contribution >= 4 is 0 Å². The van der Waals surface area contributed by atoms with E-state index in [0.717, 1.165) is 6.04 Å². The van der Waals surface area contributed by atoms with Crippen LogP contribution >= 0.6 is 0 Å². The first kappa shape index (κ1) is 9.47. The van der Waals surface area contributed by atoms with Crippen molar-refractivity contribution in [3.05, 3.63) is 0 Å². The molecule has 2 heteroatoms. The van der Waals surface area contributed by atoms with E-state index in [1.54, 1.807) is 0 Å². The second kappa shape index (κ2) is 3.97. The fourth-order valence-corrected chi connectivity index (χ4v) is 2.98. The van der Waals surface area contributed by atoms with Crippen LogP contribution in [0.5, 0.6) is 0 Å². The molecule has 1 aliphatic heterocycles. The fourth-order valence-electron chi connectivity index (χ4n) is 2.98. The lowest BCUT2D eigenvalue weighted by Crippen LogP contribution is -2.61. The van der Waals surface area contributed by atoms with Crippen LogP contribution in [0.15, 0.2) is 0 Å². The minimum absolute atomic E-state index is 0.982. The van der Waals surface area contributed by atoms with Gasteiger partial charge in [0, 0.05) is 13.1 Å². The summed E-state index contributed by atoms with van der Waals surface area (Å²) in [6.07, 6.45) is 7.40. The highest BCUT2D eigenvalue weighted by atomic mass is 15.4. The number of quaternary nitrogens is 1. The number of hydrogen-bond donors (Lipinski definition) is 1. The number of likely N-dealkylation sites (N-methyl/N-ethyl adjacent to an activating group) is 1. The van der Waals surface area contributed by atoms with Gasteiger partial charge in [-0.05, 0) is 25.7 Å². The van der Waals surface area contributed by atoms with Crippen LogP contribution in [0.1, 0.15) is 32.1 Å². The zero-order chi connectivity index (χ0) is 9.15. The van der Waals surface area contributed by atoms with Crippen LogP contribution in [0.2, 0.25) is 0 Å². The standard InChI is InChI=1S/C11H23N2/c1-13(9-7-12-8-10-13)11-5-3-2-4-6-11/h11-12H,2-10H2,1H3/q+1. The summed E-state index contributed by atoms with van der Waals surface area (Å²) in [6, 6.07) is 0.982. The SMILES string of the molecule is C[N+]1(C2CCCCC2)CCNCC1. The van der Waals surface area contributed by atoms with Crippen LogP contribution in [-0.2, 0) is 0 Å². The number of nitrogens with zero attached hydrogens (tertiary/aromatic N) is 1. The topological polar surface area (TPSA) is 12.0 Å². The highest BCUT2D eigenvalue weighted by Crippen LogP contribution is 2.27. The number of nitrogens with one attached hydrogen (secondary N) is 1. The van der Waals surface area contributed by atoms with Gasteiger partial charge in [0.1, 0.15) is 0 Å². The van der Waals surface area contributed by atoms with Crippen LogP contribution < -0.4 is 5.32 Å². The maximum atomic E-state index is 3.46. The van der Waals surface area contributed by atoms with Gasteiger partial charge < -0.3 is 9.80 Å². The summed E-state index contributed by atoms with van der Waals surface area (Å²) in [7, 11) is 2.47. The minimum Gasteiger partial charge on any atom is -0.322 e. The summed E-state index contributed by atoms with van der Waals surface area (Å²) in [6.45, 7) is 5.16. The molecule has 13 heavy (non-hydrogen) atoms. The Morgan fingerprint density at radius 3 is 2.23 bits per heavy atom. The van der Waals surface area contributed by atoms with Crippen molar-refractivity contribution in [3.8, 4) is 0 Å². The Morgan fingerprint density at radius 1 is 1.00 bits per heavy atom. The summed E-state index contributed by atoms with van der Waals surface area (Å²) >= 11 is 0. The first-order valence-electron chi connectivity index (χ1n) is 5.86. The molecule has 0 aromatic heterocycles. The van der Waals surface area contributed by atoms with Crippen molar-refractivity contribution < 1.29 is 4.48 Å². The van der Waals surface area contributed by atoms with Gasteiger partial charge >= 0.3 is 0 Å². The van der Waals surface area contributed by atoms with E-state index in [1.807, 2.05) is 0 Å². The zero-order valence-corrected chi connectivity index (χ0v) is 8.89. The van der Waals surface area contributed by atoms with Crippen molar-refractivity contribution in [1.29, 1.82) is 0 Å². The Bertz CT molecular complexity index is 155. The Balaban J connectivity index is 1.94. The van der Waals surface area contributed by atoms with E-state index >= 15 is 0 Å². The molecule has 2 aliphatic rings. The van der Waals surface area contributed by atoms with Gasteiger partial charge in [0.25, 0.3) is 0 Å². The average molecular weight is 183 g/mol. The van der Waals surface area contributed by atoms with Gasteiger partial charge in [-0.25, -0.2) is 0 Å².